The van der Waals surface area contributed by atoms with Crippen molar-refractivity contribution in [1.82, 2.24) is 0 Å². The Balaban J connectivity index is 2.75. The Kier molecular flexibility index (Phi) is 3.02. The lowest BCUT2D eigenvalue weighted by Gasteiger charge is -2.04. The number of thiazole rings is 1. The number of aryl methyl sites for hydroxylation is 1. The summed E-state index contributed by atoms with van der Waals surface area (Å²) in [6.45, 7) is 11.2. The smallest absolute Gasteiger partial charge is 0.184 e. The average Bonchev–Trinajstić information content (AvgIpc) is 2.55. The molecule has 2 heteroatoms. The van der Waals surface area contributed by atoms with Crippen LogP contribution in [0.25, 0.3) is 10.2 Å². The van der Waals surface area contributed by atoms with E-state index in [9.17, 15) is 0 Å². The topological polar surface area (TPSA) is 3.88 Å². The van der Waals surface area contributed by atoms with E-state index < -0.39 is 0 Å². The van der Waals surface area contributed by atoms with Gasteiger partial charge >= 0.3 is 0 Å². The molecule has 0 aliphatic rings. The van der Waals surface area contributed by atoms with Crippen LogP contribution in [0.3, 0.4) is 0 Å². The molecule has 1 aromatic heterocycles. The first kappa shape index (κ1) is 11.6. The van der Waals surface area contributed by atoms with Crippen LogP contribution in [0.4, 0.5) is 0 Å². The molecule has 0 radical (unpaired) electrons. The standard InChI is InChI=1S/C14H20NS/c1-9(2)14-15(10(3)4)12-7-6-11(5)8-13(12)16-14/h6-10H,1-5H3/q+1. The summed E-state index contributed by atoms with van der Waals surface area (Å²) in [7, 11) is 0. The van der Waals surface area contributed by atoms with Crippen LogP contribution in [0.2, 0.25) is 0 Å². The maximum absolute atomic E-state index is 2.48. The molecule has 0 atom stereocenters. The fourth-order valence-corrected chi connectivity index (χ4v) is 3.50. The van der Waals surface area contributed by atoms with Crippen LogP contribution in [0.5, 0.6) is 0 Å². The third-order valence-electron chi connectivity index (χ3n) is 2.84. The highest BCUT2D eigenvalue weighted by atomic mass is 32.1. The van der Waals surface area contributed by atoms with Gasteiger partial charge in [-0.25, -0.2) is 0 Å². The number of hydrogen-bond acceptors (Lipinski definition) is 1. The van der Waals surface area contributed by atoms with E-state index in [2.05, 4.69) is 57.4 Å². The summed E-state index contributed by atoms with van der Waals surface area (Å²) >= 11 is 1.94. The molecule has 2 aromatic rings. The lowest BCUT2D eigenvalue weighted by molar-refractivity contribution is -0.695. The molecule has 0 fully saturated rings. The maximum Gasteiger partial charge on any atom is 0.241 e. The number of hydrogen-bond donors (Lipinski definition) is 0. The van der Waals surface area contributed by atoms with E-state index >= 15 is 0 Å². The van der Waals surface area contributed by atoms with Gasteiger partial charge in [-0.1, -0.05) is 31.3 Å². The number of fused-ring (bicyclic) bond motifs is 1. The van der Waals surface area contributed by atoms with Crippen molar-refractivity contribution >= 4 is 21.6 Å². The van der Waals surface area contributed by atoms with E-state index in [-0.39, 0.29) is 0 Å². The molecule has 2 rings (SSSR count). The molecule has 1 aromatic carbocycles. The zero-order valence-corrected chi connectivity index (χ0v) is 11.6. The second-order valence-electron chi connectivity index (χ2n) is 5.03. The molecular formula is C14H20NS+. The van der Waals surface area contributed by atoms with Gasteiger partial charge in [0.25, 0.3) is 0 Å². The van der Waals surface area contributed by atoms with Gasteiger partial charge in [0.05, 0.1) is 0 Å². The van der Waals surface area contributed by atoms with E-state index in [0.29, 0.717) is 12.0 Å². The second-order valence-corrected chi connectivity index (χ2v) is 6.09. The minimum atomic E-state index is 0.536. The SMILES string of the molecule is Cc1ccc2c(c1)sc(C(C)C)[n+]2C(C)C. The van der Waals surface area contributed by atoms with Crippen LogP contribution in [0.1, 0.15) is 50.2 Å². The van der Waals surface area contributed by atoms with Crippen LogP contribution in [0, 0.1) is 6.92 Å². The monoisotopic (exact) mass is 234 g/mol. The summed E-state index contributed by atoms with van der Waals surface area (Å²) in [6, 6.07) is 7.30. The van der Waals surface area contributed by atoms with Crippen molar-refractivity contribution in [2.75, 3.05) is 0 Å². The highest BCUT2D eigenvalue weighted by Gasteiger charge is 2.24. The summed E-state index contributed by atoms with van der Waals surface area (Å²) in [5, 5.41) is 1.48. The first-order valence-corrected chi connectivity index (χ1v) is 6.77. The molecule has 1 heterocycles. The summed E-state index contributed by atoms with van der Waals surface area (Å²) in [5.41, 5.74) is 2.73. The van der Waals surface area contributed by atoms with E-state index in [4.69, 9.17) is 0 Å². The van der Waals surface area contributed by atoms with Crippen LogP contribution in [-0.2, 0) is 0 Å². The quantitative estimate of drug-likeness (QED) is 0.686. The van der Waals surface area contributed by atoms with Gasteiger partial charge in [-0.3, -0.25) is 0 Å². The third kappa shape index (κ3) is 1.86. The van der Waals surface area contributed by atoms with Gasteiger partial charge < -0.3 is 0 Å². The van der Waals surface area contributed by atoms with Crippen LogP contribution in [0.15, 0.2) is 18.2 Å². The first-order chi connectivity index (χ1) is 7.50. The minimum Gasteiger partial charge on any atom is -0.184 e. The number of rotatable bonds is 2. The Morgan fingerprint density at radius 2 is 1.81 bits per heavy atom. The molecule has 86 valence electrons. The largest absolute Gasteiger partial charge is 0.241 e. The van der Waals surface area contributed by atoms with Crippen LogP contribution >= 0.6 is 11.3 Å². The number of aromatic nitrogens is 1. The fourth-order valence-electron chi connectivity index (χ4n) is 2.11. The van der Waals surface area contributed by atoms with Gasteiger partial charge in [-0.15, -0.1) is 0 Å². The van der Waals surface area contributed by atoms with Gasteiger partial charge in [-0.2, -0.15) is 4.57 Å². The molecule has 0 amide bonds. The minimum absolute atomic E-state index is 0.536. The van der Waals surface area contributed by atoms with Gasteiger partial charge in [0.1, 0.15) is 4.70 Å². The normalized spacial score (nSPS) is 11.9. The Morgan fingerprint density at radius 3 is 2.38 bits per heavy atom. The Bertz CT molecular complexity index is 509. The molecule has 0 spiro atoms. The van der Waals surface area contributed by atoms with Crippen molar-refractivity contribution < 1.29 is 4.57 Å². The van der Waals surface area contributed by atoms with Crippen molar-refractivity contribution in [3.63, 3.8) is 0 Å². The lowest BCUT2D eigenvalue weighted by atomic mass is 10.2. The number of nitrogens with zero attached hydrogens (tertiary/aromatic N) is 1. The van der Waals surface area contributed by atoms with Gasteiger partial charge in [-0.05, 0) is 32.4 Å². The highest BCUT2D eigenvalue weighted by molar-refractivity contribution is 7.18. The van der Waals surface area contributed by atoms with Crippen molar-refractivity contribution in [2.45, 2.75) is 46.6 Å². The zero-order chi connectivity index (χ0) is 11.9. The van der Waals surface area contributed by atoms with Crippen molar-refractivity contribution in [1.29, 1.82) is 0 Å². The molecule has 1 nitrogen and oxygen atoms in total. The van der Waals surface area contributed by atoms with Crippen molar-refractivity contribution in [3.8, 4) is 0 Å². The highest BCUT2D eigenvalue weighted by Crippen LogP contribution is 2.27. The zero-order valence-electron chi connectivity index (χ0n) is 10.7. The van der Waals surface area contributed by atoms with Crippen molar-refractivity contribution in [3.05, 3.63) is 28.8 Å². The predicted molar refractivity (Wildman–Crippen MR) is 71.2 cm³/mol. The van der Waals surface area contributed by atoms with E-state index in [1.165, 1.54) is 20.8 Å². The van der Waals surface area contributed by atoms with Gasteiger partial charge in [0.15, 0.2) is 6.04 Å². The van der Waals surface area contributed by atoms with E-state index in [0.717, 1.165) is 0 Å². The number of benzene rings is 1. The summed E-state index contributed by atoms with van der Waals surface area (Å²) in [5.74, 6) is 0.597. The van der Waals surface area contributed by atoms with Crippen LogP contribution in [-0.4, -0.2) is 0 Å². The lowest BCUT2D eigenvalue weighted by Crippen LogP contribution is -2.39. The molecule has 0 unspecified atom stereocenters. The van der Waals surface area contributed by atoms with Crippen molar-refractivity contribution in [2.24, 2.45) is 0 Å². The second kappa shape index (κ2) is 4.17. The maximum atomic E-state index is 2.48. The summed E-state index contributed by atoms with van der Waals surface area (Å²) < 4.78 is 3.89. The summed E-state index contributed by atoms with van der Waals surface area (Å²) in [4.78, 5) is 0. The third-order valence-corrected chi connectivity index (χ3v) is 4.26. The van der Waals surface area contributed by atoms with Gasteiger partial charge in [0, 0.05) is 12.0 Å². The van der Waals surface area contributed by atoms with Crippen LogP contribution < -0.4 is 4.57 Å². The Hall–Kier alpha value is -0.890. The van der Waals surface area contributed by atoms with E-state index in [1.54, 1.807) is 0 Å². The molecule has 16 heavy (non-hydrogen) atoms. The molecule has 0 aliphatic heterocycles. The molecule has 0 N–H and O–H groups in total. The molecule has 0 saturated heterocycles. The summed E-state index contributed by atoms with van der Waals surface area (Å²) in [6.07, 6.45) is 0. The fraction of sp³-hybridized carbons (Fsp3) is 0.500. The van der Waals surface area contributed by atoms with Gasteiger partial charge in [0.2, 0.25) is 10.5 Å². The van der Waals surface area contributed by atoms with E-state index in [1.807, 2.05) is 11.3 Å². The molecule has 0 bridgehead atoms. The average molecular weight is 234 g/mol. The molecule has 0 saturated carbocycles. The molecular weight excluding hydrogens is 214 g/mol. The Morgan fingerprint density at radius 1 is 1.12 bits per heavy atom. The molecule has 0 aliphatic carbocycles. The Labute approximate surface area is 102 Å². The first-order valence-electron chi connectivity index (χ1n) is 5.95. The predicted octanol–water partition coefficient (Wildman–Crippen LogP) is 4.20.